The molecule has 138 valence electrons. The Kier molecular flexibility index (Phi) is 6.86. The Morgan fingerprint density at radius 2 is 1.67 bits per heavy atom. The predicted molar refractivity (Wildman–Crippen MR) is 93.1 cm³/mol. The van der Waals surface area contributed by atoms with Crippen molar-refractivity contribution >= 4 is 12.0 Å². The Bertz CT molecular complexity index is 438. The minimum Gasteiger partial charge on any atom is -0.480 e. The Hall–Kier alpha value is -1.34. The molecule has 0 aliphatic heterocycles. The van der Waals surface area contributed by atoms with Gasteiger partial charge in [0, 0.05) is 24.2 Å². The summed E-state index contributed by atoms with van der Waals surface area (Å²) >= 11 is 0. The van der Waals surface area contributed by atoms with Crippen LogP contribution in [-0.4, -0.2) is 78.3 Å². The molecular weight excluding hydrogens is 308 g/mol. The third-order valence-electron chi connectivity index (χ3n) is 5.42. The molecule has 0 aromatic rings. The van der Waals surface area contributed by atoms with Gasteiger partial charge in [0.1, 0.15) is 0 Å². The van der Waals surface area contributed by atoms with E-state index >= 15 is 0 Å². The molecule has 0 radical (unpaired) electrons. The van der Waals surface area contributed by atoms with Crippen LogP contribution in [0.3, 0.4) is 0 Å². The summed E-state index contributed by atoms with van der Waals surface area (Å²) in [7, 11) is 4.19. The summed E-state index contributed by atoms with van der Waals surface area (Å²) in [6, 6.07) is 1.15. The van der Waals surface area contributed by atoms with Crippen LogP contribution in [0.1, 0.15) is 45.4 Å². The first kappa shape index (κ1) is 19.0. The molecule has 2 aliphatic rings. The van der Waals surface area contributed by atoms with Crippen LogP contribution >= 0.6 is 0 Å². The zero-order valence-electron chi connectivity index (χ0n) is 15.1. The van der Waals surface area contributed by atoms with E-state index in [0.717, 1.165) is 38.6 Å². The molecule has 7 heteroatoms. The van der Waals surface area contributed by atoms with Crippen molar-refractivity contribution in [2.45, 2.75) is 69.6 Å². The number of carboxylic acid groups (broad SMARTS) is 1. The second-order valence-electron chi connectivity index (χ2n) is 7.38. The van der Waals surface area contributed by atoms with Crippen molar-refractivity contribution in [3.05, 3.63) is 0 Å². The van der Waals surface area contributed by atoms with Gasteiger partial charge in [-0.05, 0) is 59.2 Å². The zero-order valence-corrected chi connectivity index (χ0v) is 15.1. The van der Waals surface area contributed by atoms with Crippen LogP contribution in [0.25, 0.3) is 0 Å². The van der Waals surface area contributed by atoms with E-state index < -0.39 is 5.97 Å². The second-order valence-corrected chi connectivity index (χ2v) is 7.38. The first-order chi connectivity index (χ1) is 11.4. The van der Waals surface area contributed by atoms with E-state index in [1.165, 1.54) is 6.42 Å². The summed E-state index contributed by atoms with van der Waals surface area (Å²) in [6.45, 7) is 2.78. The summed E-state index contributed by atoms with van der Waals surface area (Å²) in [5.74, 6) is -0.793. The third-order valence-corrected chi connectivity index (χ3v) is 5.42. The van der Waals surface area contributed by atoms with Crippen molar-refractivity contribution in [3.8, 4) is 0 Å². The number of urea groups is 1. The molecule has 0 saturated heterocycles. The molecule has 0 aromatic carbocycles. The number of aliphatic carboxylic acids is 1. The SMILES string of the molecule is CCN(CC(=O)O)C1CC(NC(=O)NC2CCCC(N(C)C)C2)C1. The van der Waals surface area contributed by atoms with E-state index in [2.05, 4.69) is 29.6 Å². The Labute approximate surface area is 144 Å². The highest BCUT2D eigenvalue weighted by Crippen LogP contribution is 2.26. The highest BCUT2D eigenvalue weighted by molar-refractivity contribution is 5.74. The smallest absolute Gasteiger partial charge is 0.317 e. The van der Waals surface area contributed by atoms with Crippen LogP contribution in [0.2, 0.25) is 0 Å². The zero-order chi connectivity index (χ0) is 17.7. The van der Waals surface area contributed by atoms with Gasteiger partial charge in [-0.2, -0.15) is 0 Å². The van der Waals surface area contributed by atoms with Gasteiger partial charge in [-0.1, -0.05) is 6.92 Å². The van der Waals surface area contributed by atoms with Crippen molar-refractivity contribution in [2.24, 2.45) is 0 Å². The van der Waals surface area contributed by atoms with Crippen molar-refractivity contribution in [1.82, 2.24) is 20.4 Å². The van der Waals surface area contributed by atoms with E-state index in [0.29, 0.717) is 6.04 Å². The molecule has 2 rings (SSSR count). The molecule has 0 bridgehead atoms. The number of nitrogens with zero attached hydrogens (tertiary/aromatic N) is 2. The molecule has 2 saturated carbocycles. The Morgan fingerprint density at radius 1 is 1.04 bits per heavy atom. The molecule has 2 amide bonds. The van der Waals surface area contributed by atoms with Gasteiger partial charge < -0.3 is 20.6 Å². The van der Waals surface area contributed by atoms with Crippen LogP contribution in [0, 0.1) is 0 Å². The van der Waals surface area contributed by atoms with Gasteiger partial charge in [0.05, 0.1) is 6.54 Å². The van der Waals surface area contributed by atoms with Crippen LogP contribution in [-0.2, 0) is 4.79 Å². The first-order valence-corrected chi connectivity index (χ1v) is 9.08. The minimum atomic E-state index is -0.793. The lowest BCUT2D eigenvalue weighted by atomic mass is 9.85. The maximum atomic E-state index is 12.2. The molecule has 3 N–H and O–H groups in total. The van der Waals surface area contributed by atoms with E-state index in [-0.39, 0.29) is 30.7 Å². The maximum Gasteiger partial charge on any atom is 0.317 e. The summed E-state index contributed by atoms with van der Waals surface area (Å²) in [4.78, 5) is 27.2. The molecule has 2 aliphatic carbocycles. The minimum absolute atomic E-state index is 0.0775. The van der Waals surface area contributed by atoms with Crippen molar-refractivity contribution in [2.75, 3.05) is 27.2 Å². The lowest BCUT2D eigenvalue weighted by Crippen LogP contribution is -2.57. The van der Waals surface area contributed by atoms with Crippen LogP contribution in [0.4, 0.5) is 4.79 Å². The lowest BCUT2D eigenvalue weighted by Gasteiger charge is -2.42. The quantitative estimate of drug-likeness (QED) is 0.646. The molecule has 2 fully saturated rings. The fourth-order valence-electron chi connectivity index (χ4n) is 3.85. The third kappa shape index (κ3) is 5.34. The van der Waals surface area contributed by atoms with Crippen molar-refractivity contribution in [1.29, 1.82) is 0 Å². The molecule has 2 unspecified atom stereocenters. The largest absolute Gasteiger partial charge is 0.480 e. The highest BCUT2D eigenvalue weighted by Gasteiger charge is 2.35. The number of nitrogens with one attached hydrogen (secondary N) is 2. The number of amides is 2. The van der Waals surface area contributed by atoms with Crippen molar-refractivity contribution < 1.29 is 14.7 Å². The van der Waals surface area contributed by atoms with Gasteiger partial charge in [0.15, 0.2) is 0 Å². The average molecular weight is 340 g/mol. The number of rotatable bonds is 7. The van der Waals surface area contributed by atoms with Gasteiger partial charge in [-0.25, -0.2) is 4.79 Å². The normalized spacial score (nSPS) is 30.0. The number of hydrogen-bond acceptors (Lipinski definition) is 4. The number of hydrogen-bond donors (Lipinski definition) is 3. The second kappa shape index (κ2) is 8.67. The summed E-state index contributed by atoms with van der Waals surface area (Å²) in [6.07, 6.45) is 6.08. The topological polar surface area (TPSA) is 84.9 Å². The molecule has 0 heterocycles. The predicted octanol–water partition coefficient (Wildman–Crippen LogP) is 1.10. The Morgan fingerprint density at radius 3 is 2.25 bits per heavy atom. The summed E-state index contributed by atoms with van der Waals surface area (Å²) in [5, 5.41) is 15.1. The van der Waals surface area contributed by atoms with Gasteiger partial charge in [0.2, 0.25) is 0 Å². The number of likely N-dealkylation sites (N-methyl/N-ethyl adjacent to an activating group) is 1. The van der Waals surface area contributed by atoms with Gasteiger partial charge in [-0.15, -0.1) is 0 Å². The first-order valence-electron chi connectivity index (χ1n) is 9.08. The number of carbonyl (C=O) groups is 2. The van der Waals surface area contributed by atoms with E-state index in [1.807, 2.05) is 11.8 Å². The van der Waals surface area contributed by atoms with E-state index in [4.69, 9.17) is 5.11 Å². The lowest BCUT2D eigenvalue weighted by molar-refractivity contribution is -0.139. The monoisotopic (exact) mass is 340 g/mol. The molecule has 7 nitrogen and oxygen atoms in total. The average Bonchev–Trinajstić information content (AvgIpc) is 2.48. The molecular formula is C17H32N4O3. The van der Waals surface area contributed by atoms with Crippen molar-refractivity contribution in [3.63, 3.8) is 0 Å². The molecule has 0 spiro atoms. The number of carboxylic acids is 1. The standard InChI is InChI=1S/C17H32N4O3/c1-4-21(11-16(22)23)15-9-13(10-15)19-17(24)18-12-6-5-7-14(8-12)20(2)3/h12-15H,4-11H2,1-3H3,(H,22,23)(H2,18,19,24). The highest BCUT2D eigenvalue weighted by atomic mass is 16.4. The van der Waals surface area contributed by atoms with Gasteiger partial charge in [0.25, 0.3) is 0 Å². The van der Waals surface area contributed by atoms with Crippen LogP contribution in [0.15, 0.2) is 0 Å². The molecule has 2 atom stereocenters. The van der Waals surface area contributed by atoms with E-state index in [9.17, 15) is 9.59 Å². The van der Waals surface area contributed by atoms with Crippen LogP contribution < -0.4 is 10.6 Å². The van der Waals surface area contributed by atoms with Gasteiger partial charge in [-0.3, -0.25) is 9.69 Å². The van der Waals surface area contributed by atoms with Gasteiger partial charge >= 0.3 is 12.0 Å². The molecule has 24 heavy (non-hydrogen) atoms. The fourth-order valence-corrected chi connectivity index (χ4v) is 3.85. The van der Waals surface area contributed by atoms with Crippen LogP contribution in [0.5, 0.6) is 0 Å². The summed E-state index contributed by atoms with van der Waals surface area (Å²) in [5.41, 5.74) is 0. The number of carbonyl (C=O) groups excluding carboxylic acids is 1. The summed E-state index contributed by atoms with van der Waals surface area (Å²) < 4.78 is 0. The van der Waals surface area contributed by atoms with E-state index in [1.54, 1.807) is 0 Å². The maximum absolute atomic E-state index is 12.2. The molecule has 0 aromatic heterocycles. The Balaban J connectivity index is 1.68. The fraction of sp³-hybridized carbons (Fsp3) is 0.882.